The molecule has 0 saturated carbocycles. The van der Waals surface area contributed by atoms with Gasteiger partial charge in [-0.1, -0.05) is 0 Å². The molecule has 19 heavy (non-hydrogen) atoms. The van der Waals surface area contributed by atoms with Crippen LogP contribution < -0.4 is 10.6 Å². The molecule has 1 rings (SSSR count). The van der Waals surface area contributed by atoms with E-state index in [1.54, 1.807) is 14.1 Å². The molecule has 2 N–H and O–H groups in total. The third-order valence-electron chi connectivity index (χ3n) is 2.30. The van der Waals surface area contributed by atoms with Gasteiger partial charge < -0.3 is 15.5 Å². The van der Waals surface area contributed by atoms with Crippen LogP contribution in [0.25, 0.3) is 0 Å². The minimum absolute atomic E-state index is 0.0664. The lowest BCUT2D eigenvalue weighted by molar-refractivity contribution is -0.128. The number of anilines is 1. The Labute approximate surface area is 119 Å². The van der Waals surface area contributed by atoms with Crippen LogP contribution in [-0.4, -0.2) is 37.5 Å². The summed E-state index contributed by atoms with van der Waals surface area (Å²) in [5.74, 6) is -0.460. The van der Waals surface area contributed by atoms with Crippen molar-refractivity contribution in [1.82, 2.24) is 10.2 Å². The van der Waals surface area contributed by atoms with Crippen molar-refractivity contribution in [3.8, 4) is 0 Å². The van der Waals surface area contributed by atoms with Crippen LogP contribution in [0.5, 0.6) is 0 Å². The van der Waals surface area contributed by atoms with Gasteiger partial charge in [0.1, 0.15) is 5.82 Å². The molecule has 0 atom stereocenters. The maximum absolute atomic E-state index is 12.9. The molecule has 0 heterocycles. The van der Waals surface area contributed by atoms with Crippen molar-refractivity contribution in [3.05, 3.63) is 28.5 Å². The number of nitrogens with one attached hydrogen (secondary N) is 2. The Balaban J connectivity index is 2.41. The van der Waals surface area contributed by atoms with Gasteiger partial charge in [0.2, 0.25) is 5.91 Å². The van der Waals surface area contributed by atoms with Crippen LogP contribution in [0.1, 0.15) is 6.42 Å². The Morgan fingerprint density at radius 3 is 2.63 bits per heavy atom. The van der Waals surface area contributed by atoms with Gasteiger partial charge in [0, 0.05) is 31.5 Å². The summed E-state index contributed by atoms with van der Waals surface area (Å²) in [6.45, 7) is 0.238. The zero-order valence-electron chi connectivity index (χ0n) is 10.7. The molecule has 0 aliphatic heterocycles. The molecule has 0 fully saturated rings. The second-order valence-electron chi connectivity index (χ2n) is 4.04. The van der Waals surface area contributed by atoms with Gasteiger partial charge in [-0.05, 0) is 34.1 Å². The lowest BCUT2D eigenvalue weighted by Gasteiger charge is -2.11. The molecule has 0 aliphatic carbocycles. The van der Waals surface area contributed by atoms with Gasteiger partial charge in [0.15, 0.2) is 0 Å². The Bertz CT molecular complexity index is 480. The minimum Gasteiger partial charge on any atom is -0.349 e. The van der Waals surface area contributed by atoms with Crippen LogP contribution in [-0.2, 0) is 4.79 Å². The summed E-state index contributed by atoms with van der Waals surface area (Å²) in [5.41, 5.74) is 0.456. The predicted octanol–water partition coefficient (Wildman–Crippen LogP) is 2.19. The number of nitrogens with zero attached hydrogens (tertiary/aromatic N) is 1. The standard InChI is InChI=1S/C12H15BrFN3O2/c1-17(2)11(18)5-6-15-12(19)16-10-4-3-8(14)7-9(10)13/h3-4,7H,5-6H2,1-2H3,(H2,15,16,19). The van der Waals surface area contributed by atoms with Crippen LogP contribution in [0.4, 0.5) is 14.9 Å². The van der Waals surface area contributed by atoms with Crippen LogP contribution in [0.3, 0.4) is 0 Å². The molecule has 1 aromatic rings. The number of carbonyl (C=O) groups excluding carboxylic acids is 2. The van der Waals surface area contributed by atoms with E-state index < -0.39 is 11.8 Å². The Morgan fingerprint density at radius 1 is 1.37 bits per heavy atom. The highest BCUT2D eigenvalue weighted by Crippen LogP contribution is 2.22. The van der Waals surface area contributed by atoms with Crippen LogP contribution in [0.15, 0.2) is 22.7 Å². The number of amides is 3. The molecule has 0 bridgehead atoms. The molecule has 3 amide bonds. The Hall–Kier alpha value is -1.63. The molecule has 7 heteroatoms. The number of hydrogen-bond acceptors (Lipinski definition) is 2. The zero-order chi connectivity index (χ0) is 14.4. The highest BCUT2D eigenvalue weighted by atomic mass is 79.9. The first-order chi connectivity index (χ1) is 8.90. The first-order valence-electron chi connectivity index (χ1n) is 5.60. The van der Waals surface area contributed by atoms with Crippen LogP contribution >= 0.6 is 15.9 Å². The highest BCUT2D eigenvalue weighted by molar-refractivity contribution is 9.10. The normalized spacial score (nSPS) is 9.89. The van der Waals surface area contributed by atoms with E-state index in [0.29, 0.717) is 10.2 Å². The van der Waals surface area contributed by atoms with Gasteiger partial charge in [-0.2, -0.15) is 0 Å². The van der Waals surface area contributed by atoms with E-state index in [2.05, 4.69) is 26.6 Å². The lowest BCUT2D eigenvalue weighted by Crippen LogP contribution is -2.33. The molecule has 0 unspecified atom stereocenters. The summed E-state index contributed by atoms with van der Waals surface area (Å²) >= 11 is 3.14. The summed E-state index contributed by atoms with van der Waals surface area (Å²) in [6.07, 6.45) is 0.227. The van der Waals surface area contributed by atoms with Crippen molar-refractivity contribution in [1.29, 1.82) is 0 Å². The van der Waals surface area contributed by atoms with E-state index >= 15 is 0 Å². The molecule has 0 aromatic heterocycles. The third kappa shape index (κ3) is 5.25. The van der Waals surface area contributed by atoms with E-state index in [9.17, 15) is 14.0 Å². The van der Waals surface area contributed by atoms with Crippen LogP contribution in [0, 0.1) is 5.82 Å². The van der Waals surface area contributed by atoms with Gasteiger partial charge in [-0.25, -0.2) is 9.18 Å². The van der Waals surface area contributed by atoms with E-state index in [-0.39, 0.29) is 18.9 Å². The van der Waals surface area contributed by atoms with E-state index in [0.717, 1.165) is 0 Å². The second-order valence-corrected chi connectivity index (χ2v) is 4.90. The van der Waals surface area contributed by atoms with Crippen molar-refractivity contribution in [2.24, 2.45) is 0 Å². The average Bonchev–Trinajstić information content (AvgIpc) is 2.32. The van der Waals surface area contributed by atoms with E-state index in [4.69, 9.17) is 0 Å². The van der Waals surface area contributed by atoms with E-state index in [1.165, 1.54) is 23.1 Å². The van der Waals surface area contributed by atoms with Gasteiger partial charge in [0.25, 0.3) is 0 Å². The summed E-state index contributed by atoms with van der Waals surface area (Å²) in [6, 6.07) is 3.50. The van der Waals surface area contributed by atoms with E-state index in [1.807, 2.05) is 0 Å². The maximum Gasteiger partial charge on any atom is 0.319 e. The summed E-state index contributed by atoms with van der Waals surface area (Å²) in [7, 11) is 3.30. The van der Waals surface area contributed by atoms with Gasteiger partial charge in [-0.3, -0.25) is 4.79 Å². The predicted molar refractivity (Wildman–Crippen MR) is 74.4 cm³/mol. The monoisotopic (exact) mass is 331 g/mol. The maximum atomic E-state index is 12.9. The summed E-state index contributed by atoms with van der Waals surface area (Å²) in [4.78, 5) is 24.3. The minimum atomic E-state index is -0.445. The summed E-state index contributed by atoms with van der Waals surface area (Å²) < 4.78 is 13.3. The van der Waals surface area contributed by atoms with Crippen molar-refractivity contribution >= 4 is 33.6 Å². The largest absolute Gasteiger partial charge is 0.349 e. The molecule has 5 nitrogen and oxygen atoms in total. The fourth-order valence-electron chi connectivity index (χ4n) is 1.26. The number of urea groups is 1. The fourth-order valence-corrected chi connectivity index (χ4v) is 1.71. The quantitative estimate of drug-likeness (QED) is 0.888. The Morgan fingerprint density at radius 2 is 2.05 bits per heavy atom. The lowest BCUT2D eigenvalue weighted by atomic mass is 10.3. The first-order valence-corrected chi connectivity index (χ1v) is 6.39. The Kier molecular flexibility index (Phi) is 5.75. The molecule has 104 valence electrons. The zero-order valence-corrected chi connectivity index (χ0v) is 12.3. The highest BCUT2D eigenvalue weighted by Gasteiger charge is 2.07. The average molecular weight is 332 g/mol. The second kappa shape index (κ2) is 7.08. The number of halogens is 2. The molecular weight excluding hydrogens is 317 g/mol. The number of rotatable bonds is 4. The van der Waals surface area contributed by atoms with Crippen LogP contribution in [0.2, 0.25) is 0 Å². The number of benzene rings is 1. The van der Waals surface area contributed by atoms with Crippen molar-refractivity contribution in [2.45, 2.75) is 6.42 Å². The van der Waals surface area contributed by atoms with Gasteiger partial charge >= 0.3 is 6.03 Å². The smallest absolute Gasteiger partial charge is 0.319 e. The first kappa shape index (κ1) is 15.4. The molecular formula is C12H15BrFN3O2. The van der Waals surface area contributed by atoms with Crippen molar-refractivity contribution in [3.63, 3.8) is 0 Å². The van der Waals surface area contributed by atoms with Gasteiger partial charge in [-0.15, -0.1) is 0 Å². The van der Waals surface area contributed by atoms with Crippen molar-refractivity contribution in [2.75, 3.05) is 26.0 Å². The SMILES string of the molecule is CN(C)C(=O)CCNC(=O)Nc1ccc(F)cc1Br. The fraction of sp³-hybridized carbons (Fsp3) is 0.333. The molecule has 0 spiro atoms. The summed E-state index contributed by atoms with van der Waals surface area (Å²) in [5, 5.41) is 5.10. The molecule has 0 aliphatic rings. The number of hydrogen-bond donors (Lipinski definition) is 2. The molecule has 0 radical (unpaired) electrons. The third-order valence-corrected chi connectivity index (χ3v) is 2.96. The van der Waals surface area contributed by atoms with Gasteiger partial charge in [0.05, 0.1) is 5.69 Å². The topological polar surface area (TPSA) is 61.4 Å². The molecule has 0 saturated heterocycles. The number of carbonyl (C=O) groups is 2. The van der Waals surface area contributed by atoms with Crippen molar-refractivity contribution < 1.29 is 14.0 Å². The molecule has 1 aromatic carbocycles.